The molecule has 0 fully saturated rings. The fourth-order valence-corrected chi connectivity index (χ4v) is 3.98. The first-order chi connectivity index (χ1) is 16.0. The van der Waals surface area contributed by atoms with Crippen LogP contribution in [0.25, 0.3) is 16.7 Å². The number of carbonyl (C=O) groups is 1. The molecule has 10 heteroatoms. The number of alkyl halides is 3. The van der Waals surface area contributed by atoms with Crippen LogP contribution in [0, 0.1) is 20.8 Å². The van der Waals surface area contributed by atoms with E-state index in [2.05, 4.69) is 10.4 Å². The van der Waals surface area contributed by atoms with Gasteiger partial charge in [-0.2, -0.15) is 18.3 Å². The molecular formula is C24H20ClF3N4O2. The predicted molar refractivity (Wildman–Crippen MR) is 125 cm³/mol. The highest BCUT2D eigenvalue weighted by atomic mass is 35.5. The average molecular weight is 489 g/mol. The molecule has 0 bridgehead atoms. The highest BCUT2D eigenvalue weighted by Gasteiger charge is 2.36. The second-order valence-corrected chi connectivity index (χ2v) is 8.38. The van der Waals surface area contributed by atoms with Crippen LogP contribution in [0.2, 0.25) is 5.02 Å². The largest absolute Gasteiger partial charge is 0.417 e. The lowest BCUT2D eigenvalue weighted by Crippen LogP contribution is -2.30. The molecule has 1 N–H and O–H groups in total. The molecular weight excluding hydrogens is 469 g/mol. The number of anilines is 1. The van der Waals surface area contributed by atoms with Gasteiger partial charge in [0.05, 0.1) is 22.3 Å². The van der Waals surface area contributed by atoms with E-state index in [1.165, 1.54) is 11.6 Å². The first-order valence-electron chi connectivity index (χ1n) is 10.3. The van der Waals surface area contributed by atoms with Crippen molar-refractivity contribution in [2.75, 3.05) is 5.32 Å². The Hall–Kier alpha value is -3.59. The van der Waals surface area contributed by atoms with E-state index < -0.39 is 29.8 Å². The summed E-state index contributed by atoms with van der Waals surface area (Å²) >= 11 is 6.23. The number of carbonyl (C=O) groups excluding carboxylic acids is 1. The average Bonchev–Trinajstić information content (AvgIpc) is 3.09. The fourth-order valence-electron chi connectivity index (χ4n) is 3.81. The number of aryl methyl sites for hydroxylation is 2. The monoisotopic (exact) mass is 488 g/mol. The molecule has 0 aliphatic heterocycles. The van der Waals surface area contributed by atoms with Gasteiger partial charge in [-0.05, 0) is 50.6 Å². The van der Waals surface area contributed by atoms with E-state index in [1.54, 1.807) is 49.4 Å². The second kappa shape index (κ2) is 8.64. The van der Waals surface area contributed by atoms with E-state index >= 15 is 0 Å². The van der Waals surface area contributed by atoms with Gasteiger partial charge in [-0.1, -0.05) is 35.4 Å². The minimum absolute atomic E-state index is 0.0643. The van der Waals surface area contributed by atoms with Crippen LogP contribution >= 0.6 is 11.6 Å². The van der Waals surface area contributed by atoms with Gasteiger partial charge < -0.3 is 5.32 Å². The molecule has 0 spiro atoms. The highest BCUT2D eigenvalue weighted by molar-refractivity contribution is 6.31. The Kier molecular flexibility index (Phi) is 5.99. The molecule has 34 heavy (non-hydrogen) atoms. The SMILES string of the molecule is Cc1ccc(NC(=O)Cn2c(=O)cc(C(F)(F)F)c3c(C)nn(-c4cccc(Cl)c4C)c32)cc1. The molecule has 4 rings (SSSR count). The van der Waals surface area contributed by atoms with Crippen LogP contribution in [0.3, 0.4) is 0 Å². The van der Waals surface area contributed by atoms with Crippen molar-refractivity contribution < 1.29 is 18.0 Å². The Bertz CT molecular complexity index is 1470. The van der Waals surface area contributed by atoms with Crippen molar-refractivity contribution in [1.82, 2.24) is 14.3 Å². The molecule has 0 atom stereocenters. The number of aromatic nitrogens is 3. The number of hydrogen-bond donors (Lipinski definition) is 1. The zero-order valence-corrected chi connectivity index (χ0v) is 19.3. The highest BCUT2D eigenvalue weighted by Crippen LogP contribution is 2.36. The Morgan fingerprint density at radius 2 is 1.76 bits per heavy atom. The third-order valence-corrected chi connectivity index (χ3v) is 5.91. The van der Waals surface area contributed by atoms with Crippen LogP contribution in [-0.2, 0) is 17.5 Å². The molecule has 6 nitrogen and oxygen atoms in total. The predicted octanol–water partition coefficient (Wildman–Crippen LogP) is 5.42. The van der Waals surface area contributed by atoms with Crippen molar-refractivity contribution in [2.45, 2.75) is 33.5 Å². The maximum Gasteiger partial charge on any atom is 0.417 e. The lowest BCUT2D eigenvalue weighted by Gasteiger charge is -2.16. The van der Waals surface area contributed by atoms with Gasteiger partial charge in [-0.3, -0.25) is 14.2 Å². The summed E-state index contributed by atoms with van der Waals surface area (Å²) in [5.41, 5.74) is 0.310. The van der Waals surface area contributed by atoms with Crippen LogP contribution in [0.1, 0.15) is 22.4 Å². The Balaban J connectivity index is 1.93. The third-order valence-electron chi connectivity index (χ3n) is 5.50. The van der Waals surface area contributed by atoms with Crippen LogP contribution in [0.15, 0.2) is 53.3 Å². The molecule has 2 heterocycles. The van der Waals surface area contributed by atoms with Crippen LogP contribution in [0.4, 0.5) is 18.9 Å². The van der Waals surface area contributed by atoms with Crippen LogP contribution < -0.4 is 10.9 Å². The van der Waals surface area contributed by atoms with Gasteiger partial charge in [-0.25, -0.2) is 4.68 Å². The van der Waals surface area contributed by atoms with Gasteiger partial charge in [0.2, 0.25) is 5.91 Å². The first-order valence-corrected chi connectivity index (χ1v) is 10.7. The van der Waals surface area contributed by atoms with Crippen molar-refractivity contribution in [3.8, 4) is 5.69 Å². The minimum atomic E-state index is -4.79. The zero-order valence-electron chi connectivity index (χ0n) is 18.5. The minimum Gasteiger partial charge on any atom is -0.325 e. The van der Waals surface area contributed by atoms with Crippen molar-refractivity contribution >= 4 is 34.2 Å². The van der Waals surface area contributed by atoms with E-state index in [-0.39, 0.29) is 16.7 Å². The molecule has 2 aromatic heterocycles. The number of nitrogens with zero attached hydrogens (tertiary/aromatic N) is 3. The number of nitrogens with one attached hydrogen (secondary N) is 1. The number of rotatable bonds is 4. The number of hydrogen-bond acceptors (Lipinski definition) is 3. The summed E-state index contributed by atoms with van der Waals surface area (Å²) in [6.07, 6.45) is -4.79. The Labute approximate surface area is 197 Å². The molecule has 4 aromatic rings. The lowest BCUT2D eigenvalue weighted by molar-refractivity contribution is -0.136. The van der Waals surface area contributed by atoms with Crippen molar-refractivity contribution in [2.24, 2.45) is 0 Å². The standard InChI is InChI=1S/C24H20ClF3N4O2/c1-13-7-9-16(10-8-13)29-20(33)12-31-21(34)11-17(24(26,27)28)22-15(3)30-32(23(22)31)19-6-4-5-18(25)14(19)2/h4-11H,12H2,1-3H3,(H,29,33). The van der Waals surface area contributed by atoms with Crippen LogP contribution in [-0.4, -0.2) is 20.3 Å². The molecule has 0 aliphatic carbocycles. The summed E-state index contributed by atoms with van der Waals surface area (Å²) in [7, 11) is 0. The summed E-state index contributed by atoms with van der Waals surface area (Å²) in [6.45, 7) is 4.51. The van der Waals surface area contributed by atoms with E-state index in [1.807, 2.05) is 6.92 Å². The molecule has 0 unspecified atom stereocenters. The zero-order chi connectivity index (χ0) is 24.8. The van der Waals surface area contributed by atoms with Gasteiger partial charge in [-0.15, -0.1) is 0 Å². The summed E-state index contributed by atoms with van der Waals surface area (Å²) in [5, 5.41) is 7.11. The quantitative estimate of drug-likeness (QED) is 0.417. The fraction of sp³-hybridized carbons (Fsp3) is 0.208. The van der Waals surface area contributed by atoms with Gasteiger partial charge >= 0.3 is 6.18 Å². The summed E-state index contributed by atoms with van der Waals surface area (Å²) in [4.78, 5) is 25.7. The van der Waals surface area contributed by atoms with Gasteiger partial charge in [0.25, 0.3) is 5.56 Å². The van der Waals surface area contributed by atoms with Crippen molar-refractivity contribution in [3.63, 3.8) is 0 Å². The van der Waals surface area contributed by atoms with Crippen molar-refractivity contribution in [1.29, 1.82) is 0 Å². The van der Waals surface area contributed by atoms with E-state index in [0.29, 0.717) is 28.0 Å². The molecule has 0 saturated heterocycles. The molecule has 176 valence electrons. The smallest absolute Gasteiger partial charge is 0.325 e. The maximum atomic E-state index is 13.9. The van der Waals surface area contributed by atoms with Gasteiger partial charge in [0.15, 0.2) is 0 Å². The van der Waals surface area contributed by atoms with Gasteiger partial charge in [0.1, 0.15) is 12.2 Å². The number of benzene rings is 2. The summed E-state index contributed by atoms with van der Waals surface area (Å²) in [6, 6.07) is 12.4. The lowest BCUT2D eigenvalue weighted by atomic mass is 10.1. The topological polar surface area (TPSA) is 68.9 Å². The molecule has 2 aromatic carbocycles. The third kappa shape index (κ3) is 4.31. The molecule has 1 amide bonds. The van der Waals surface area contributed by atoms with E-state index in [4.69, 9.17) is 11.6 Å². The number of halogens is 4. The van der Waals surface area contributed by atoms with Crippen molar-refractivity contribution in [3.05, 3.63) is 86.3 Å². The molecule has 0 saturated carbocycles. The number of fused-ring (bicyclic) bond motifs is 1. The molecule has 0 aliphatic rings. The molecule has 0 radical (unpaired) electrons. The Morgan fingerprint density at radius 3 is 2.41 bits per heavy atom. The normalized spacial score (nSPS) is 11.7. The van der Waals surface area contributed by atoms with E-state index in [9.17, 15) is 22.8 Å². The Morgan fingerprint density at radius 1 is 1.09 bits per heavy atom. The van der Waals surface area contributed by atoms with Gasteiger partial charge in [0, 0.05) is 16.8 Å². The van der Waals surface area contributed by atoms with E-state index in [0.717, 1.165) is 10.1 Å². The summed E-state index contributed by atoms with van der Waals surface area (Å²) in [5.74, 6) is -0.569. The first kappa shape index (κ1) is 23.6. The maximum absolute atomic E-state index is 13.9. The number of amides is 1. The summed E-state index contributed by atoms with van der Waals surface area (Å²) < 4.78 is 43.8. The second-order valence-electron chi connectivity index (χ2n) is 7.97. The number of pyridine rings is 1. The van der Waals surface area contributed by atoms with Crippen LogP contribution in [0.5, 0.6) is 0 Å².